The first-order chi connectivity index (χ1) is 10.5. The van der Waals surface area contributed by atoms with Crippen LogP contribution in [0, 0.1) is 0 Å². The molecule has 0 aliphatic rings. The predicted molar refractivity (Wildman–Crippen MR) is 86.8 cm³/mol. The van der Waals surface area contributed by atoms with Crippen LogP contribution in [0.2, 0.25) is 10.0 Å². The molecule has 0 saturated heterocycles. The van der Waals surface area contributed by atoms with Crippen molar-refractivity contribution < 1.29 is 9.90 Å². The monoisotopic (exact) mass is 335 g/mol. The number of nitrogens with zero attached hydrogens (tertiary/aromatic N) is 1. The summed E-state index contributed by atoms with van der Waals surface area (Å²) in [6.45, 7) is 0.469. The molecule has 0 fully saturated rings. The highest BCUT2D eigenvalue weighted by molar-refractivity contribution is 6.42. The van der Waals surface area contributed by atoms with E-state index in [1.165, 1.54) is 0 Å². The van der Waals surface area contributed by atoms with Crippen LogP contribution >= 0.6 is 23.2 Å². The lowest BCUT2D eigenvalue weighted by Gasteiger charge is -2.04. The Morgan fingerprint density at radius 1 is 1.18 bits per heavy atom. The van der Waals surface area contributed by atoms with Gasteiger partial charge in [0.1, 0.15) is 5.82 Å². The zero-order valence-corrected chi connectivity index (χ0v) is 12.7. The van der Waals surface area contributed by atoms with Crippen LogP contribution in [0.3, 0.4) is 0 Å². The van der Waals surface area contributed by atoms with Crippen LogP contribution in [0.25, 0.3) is 11.0 Å². The van der Waals surface area contributed by atoms with Gasteiger partial charge in [0.2, 0.25) is 0 Å². The van der Waals surface area contributed by atoms with Gasteiger partial charge in [-0.2, -0.15) is 0 Å². The molecule has 3 aromatic rings. The zero-order valence-electron chi connectivity index (χ0n) is 11.2. The first-order valence-electron chi connectivity index (χ1n) is 6.44. The number of hydrogen-bond acceptors (Lipinski definition) is 3. The van der Waals surface area contributed by atoms with E-state index in [0.717, 1.165) is 22.5 Å². The van der Waals surface area contributed by atoms with E-state index in [1.54, 1.807) is 36.4 Å². The zero-order chi connectivity index (χ0) is 15.7. The summed E-state index contributed by atoms with van der Waals surface area (Å²) >= 11 is 11.9. The average molecular weight is 336 g/mol. The number of fused-ring (bicyclic) bond motifs is 1. The van der Waals surface area contributed by atoms with Crippen molar-refractivity contribution in [2.45, 2.75) is 6.54 Å². The van der Waals surface area contributed by atoms with Crippen molar-refractivity contribution >= 4 is 45.9 Å². The lowest BCUT2D eigenvalue weighted by atomic mass is 10.2. The molecular formula is C15H11Cl2N3O2. The summed E-state index contributed by atoms with van der Waals surface area (Å²) in [4.78, 5) is 18.4. The summed E-state index contributed by atoms with van der Waals surface area (Å²) < 4.78 is 0. The highest BCUT2D eigenvalue weighted by Gasteiger charge is 2.07. The van der Waals surface area contributed by atoms with Crippen molar-refractivity contribution in [2.75, 3.05) is 5.32 Å². The number of hydrogen-bond donors (Lipinski definition) is 3. The number of aromatic carboxylic acids is 1. The van der Waals surface area contributed by atoms with Gasteiger partial charge in [0.15, 0.2) is 0 Å². The van der Waals surface area contributed by atoms with Gasteiger partial charge in [-0.25, -0.2) is 9.78 Å². The molecule has 7 heteroatoms. The normalized spacial score (nSPS) is 10.8. The van der Waals surface area contributed by atoms with E-state index in [4.69, 9.17) is 28.3 Å². The van der Waals surface area contributed by atoms with Crippen LogP contribution in [0.4, 0.5) is 5.69 Å². The van der Waals surface area contributed by atoms with E-state index < -0.39 is 5.97 Å². The third kappa shape index (κ3) is 3.00. The number of carboxylic acids is 1. The fraction of sp³-hybridized carbons (Fsp3) is 0.0667. The van der Waals surface area contributed by atoms with Crippen LogP contribution in [-0.2, 0) is 6.54 Å². The number of nitrogens with one attached hydrogen (secondary N) is 2. The van der Waals surface area contributed by atoms with Gasteiger partial charge in [-0.3, -0.25) is 0 Å². The molecule has 0 aliphatic carbocycles. The second-order valence-electron chi connectivity index (χ2n) is 4.70. The third-order valence-electron chi connectivity index (χ3n) is 3.16. The average Bonchev–Trinajstić information content (AvgIpc) is 2.88. The molecule has 3 rings (SSSR count). The topological polar surface area (TPSA) is 78.0 Å². The van der Waals surface area contributed by atoms with Gasteiger partial charge in [-0.1, -0.05) is 23.2 Å². The minimum atomic E-state index is -0.947. The number of H-pyrrole nitrogens is 1. The van der Waals surface area contributed by atoms with Crippen molar-refractivity contribution in [2.24, 2.45) is 0 Å². The lowest BCUT2D eigenvalue weighted by Crippen LogP contribution is -2.02. The summed E-state index contributed by atoms with van der Waals surface area (Å²) in [5.41, 5.74) is 2.61. The summed E-state index contributed by atoms with van der Waals surface area (Å²) in [7, 11) is 0. The molecule has 0 bridgehead atoms. The first-order valence-corrected chi connectivity index (χ1v) is 7.19. The second kappa shape index (κ2) is 5.87. The minimum absolute atomic E-state index is 0.249. The van der Waals surface area contributed by atoms with E-state index in [1.807, 2.05) is 0 Å². The van der Waals surface area contributed by atoms with E-state index in [0.29, 0.717) is 16.6 Å². The maximum absolute atomic E-state index is 10.8. The summed E-state index contributed by atoms with van der Waals surface area (Å²) in [6, 6.07) is 9.95. The fourth-order valence-corrected chi connectivity index (χ4v) is 2.38. The predicted octanol–water partition coefficient (Wildman–Crippen LogP) is 4.18. The number of aromatic nitrogens is 2. The SMILES string of the molecule is O=C(O)c1ccc(NCc2nc3cc(Cl)c(Cl)cc3[nH]2)cc1. The molecule has 0 saturated carbocycles. The number of halogens is 2. The molecule has 0 radical (unpaired) electrons. The molecule has 5 nitrogen and oxygen atoms in total. The van der Waals surface area contributed by atoms with Gasteiger partial charge in [0, 0.05) is 5.69 Å². The Morgan fingerprint density at radius 2 is 1.86 bits per heavy atom. The minimum Gasteiger partial charge on any atom is -0.478 e. The smallest absolute Gasteiger partial charge is 0.335 e. The van der Waals surface area contributed by atoms with Gasteiger partial charge in [-0.15, -0.1) is 0 Å². The quantitative estimate of drug-likeness (QED) is 0.668. The molecular weight excluding hydrogens is 325 g/mol. The molecule has 2 aromatic carbocycles. The maximum atomic E-state index is 10.8. The molecule has 0 spiro atoms. The largest absolute Gasteiger partial charge is 0.478 e. The Hall–Kier alpha value is -2.24. The Labute approximate surface area is 135 Å². The number of anilines is 1. The Bertz CT molecular complexity index is 805. The second-order valence-corrected chi connectivity index (χ2v) is 5.52. The maximum Gasteiger partial charge on any atom is 0.335 e. The van der Waals surface area contributed by atoms with Crippen molar-refractivity contribution in [3.8, 4) is 0 Å². The first kappa shape index (κ1) is 14.7. The molecule has 22 heavy (non-hydrogen) atoms. The van der Waals surface area contributed by atoms with Crippen LogP contribution in [0.1, 0.15) is 16.2 Å². The van der Waals surface area contributed by atoms with Crippen molar-refractivity contribution in [3.05, 3.63) is 57.8 Å². The van der Waals surface area contributed by atoms with Gasteiger partial charge >= 0.3 is 5.97 Å². The van der Waals surface area contributed by atoms with Gasteiger partial charge in [0.25, 0.3) is 0 Å². The Kier molecular flexibility index (Phi) is 3.92. The molecule has 0 aliphatic heterocycles. The summed E-state index contributed by atoms with van der Waals surface area (Å²) in [5.74, 6) is -0.215. The van der Waals surface area contributed by atoms with Gasteiger partial charge in [0.05, 0.1) is 33.2 Å². The lowest BCUT2D eigenvalue weighted by molar-refractivity contribution is 0.0697. The van der Waals surface area contributed by atoms with E-state index in [2.05, 4.69) is 15.3 Å². The number of carboxylic acid groups (broad SMARTS) is 1. The Balaban J connectivity index is 1.74. The fourth-order valence-electron chi connectivity index (χ4n) is 2.06. The van der Waals surface area contributed by atoms with Crippen LogP contribution in [0.5, 0.6) is 0 Å². The molecule has 0 unspecified atom stereocenters. The number of imidazole rings is 1. The number of carbonyl (C=O) groups is 1. The van der Waals surface area contributed by atoms with Crippen LogP contribution in [0.15, 0.2) is 36.4 Å². The third-order valence-corrected chi connectivity index (χ3v) is 3.89. The molecule has 1 heterocycles. The highest BCUT2D eigenvalue weighted by Crippen LogP contribution is 2.26. The van der Waals surface area contributed by atoms with Crippen LogP contribution < -0.4 is 5.32 Å². The van der Waals surface area contributed by atoms with E-state index in [9.17, 15) is 4.79 Å². The summed E-state index contributed by atoms with van der Waals surface area (Å²) in [6.07, 6.45) is 0. The van der Waals surface area contributed by atoms with Crippen LogP contribution in [-0.4, -0.2) is 21.0 Å². The van der Waals surface area contributed by atoms with Gasteiger partial charge in [-0.05, 0) is 36.4 Å². The highest BCUT2D eigenvalue weighted by atomic mass is 35.5. The van der Waals surface area contributed by atoms with E-state index in [-0.39, 0.29) is 5.56 Å². The van der Waals surface area contributed by atoms with Gasteiger partial charge < -0.3 is 15.4 Å². The number of rotatable bonds is 4. The summed E-state index contributed by atoms with van der Waals surface area (Å²) in [5, 5.41) is 13.0. The molecule has 3 N–H and O–H groups in total. The molecule has 0 amide bonds. The number of benzene rings is 2. The van der Waals surface area contributed by atoms with Crippen molar-refractivity contribution in [1.29, 1.82) is 0 Å². The van der Waals surface area contributed by atoms with Crippen molar-refractivity contribution in [1.82, 2.24) is 9.97 Å². The number of aromatic amines is 1. The standard InChI is InChI=1S/C15H11Cl2N3O2/c16-10-5-12-13(6-11(10)17)20-14(19-12)7-18-9-3-1-8(2-4-9)15(21)22/h1-6,18H,7H2,(H,19,20)(H,21,22). The Morgan fingerprint density at radius 3 is 2.55 bits per heavy atom. The molecule has 1 aromatic heterocycles. The van der Waals surface area contributed by atoms with E-state index >= 15 is 0 Å². The molecule has 0 atom stereocenters. The molecule has 112 valence electrons. The van der Waals surface area contributed by atoms with Crippen molar-refractivity contribution in [3.63, 3.8) is 0 Å².